The molecule has 3 aromatic heterocycles. The molecule has 0 bridgehead atoms. The number of aromatic nitrogens is 4. The van der Waals surface area contributed by atoms with Crippen LogP contribution in [0, 0.1) is 0 Å². The molecule has 5 aromatic rings. The SMILES string of the molecule is COc1ncccc1-c1ccc(O)c(-c2nc3ccc(C(=O)NCc4ccncc4)cc3[nH]2)c1. The fraction of sp³-hybridized carbons (Fsp3) is 0.0769. The second-order valence-corrected chi connectivity index (χ2v) is 7.65. The van der Waals surface area contributed by atoms with Gasteiger partial charge < -0.3 is 20.1 Å². The van der Waals surface area contributed by atoms with Gasteiger partial charge >= 0.3 is 0 Å². The molecule has 1 amide bonds. The van der Waals surface area contributed by atoms with Crippen molar-refractivity contribution in [1.29, 1.82) is 0 Å². The van der Waals surface area contributed by atoms with Gasteiger partial charge in [-0.05, 0) is 65.7 Å². The number of amides is 1. The van der Waals surface area contributed by atoms with Crippen LogP contribution in [0.25, 0.3) is 33.5 Å². The summed E-state index contributed by atoms with van der Waals surface area (Å²) in [5.41, 5.74) is 5.01. The van der Waals surface area contributed by atoms with Crippen molar-refractivity contribution in [2.45, 2.75) is 6.54 Å². The van der Waals surface area contributed by atoms with E-state index in [1.54, 1.807) is 56.0 Å². The van der Waals surface area contributed by atoms with E-state index in [1.807, 2.05) is 30.3 Å². The van der Waals surface area contributed by atoms with Crippen LogP contribution in [0.3, 0.4) is 0 Å². The predicted molar refractivity (Wildman–Crippen MR) is 128 cm³/mol. The third kappa shape index (κ3) is 4.16. The summed E-state index contributed by atoms with van der Waals surface area (Å²) in [5.74, 6) is 0.877. The number of H-pyrrole nitrogens is 1. The number of nitrogens with one attached hydrogen (secondary N) is 2. The lowest BCUT2D eigenvalue weighted by Crippen LogP contribution is -2.22. The number of aromatic hydroxyl groups is 1. The number of imidazole rings is 1. The summed E-state index contributed by atoms with van der Waals surface area (Å²) in [5, 5.41) is 13.4. The van der Waals surface area contributed by atoms with Gasteiger partial charge in [0.1, 0.15) is 11.6 Å². The van der Waals surface area contributed by atoms with Crippen molar-refractivity contribution in [2.24, 2.45) is 0 Å². The number of carbonyl (C=O) groups excluding carboxylic acids is 1. The summed E-state index contributed by atoms with van der Waals surface area (Å²) in [6, 6.07) is 17.9. The Morgan fingerprint density at radius 3 is 2.71 bits per heavy atom. The largest absolute Gasteiger partial charge is 0.507 e. The topological polar surface area (TPSA) is 113 Å². The summed E-state index contributed by atoms with van der Waals surface area (Å²) in [4.78, 5) is 28.7. The van der Waals surface area contributed by atoms with Crippen LogP contribution < -0.4 is 10.1 Å². The first-order chi connectivity index (χ1) is 16.6. The maximum atomic E-state index is 12.6. The summed E-state index contributed by atoms with van der Waals surface area (Å²) in [6.45, 7) is 0.409. The fourth-order valence-electron chi connectivity index (χ4n) is 3.73. The maximum absolute atomic E-state index is 12.6. The molecule has 2 aromatic carbocycles. The van der Waals surface area contributed by atoms with Gasteiger partial charge in [-0.25, -0.2) is 9.97 Å². The molecule has 3 heterocycles. The number of ether oxygens (including phenoxy) is 1. The highest BCUT2D eigenvalue weighted by molar-refractivity contribution is 5.97. The summed E-state index contributed by atoms with van der Waals surface area (Å²) in [7, 11) is 1.57. The Bertz CT molecular complexity index is 1480. The lowest BCUT2D eigenvalue weighted by Gasteiger charge is -2.09. The van der Waals surface area contributed by atoms with Crippen LogP contribution in [0.5, 0.6) is 11.6 Å². The molecule has 0 fully saturated rings. The average molecular weight is 451 g/mol. The van der Waals surface area contributed by atoms with Gasteiger partial charge in [0, 0.05) is 36.3 Å². The molecule has 0 saturated carbocycles. The normalized spacial score (nSPS) is 10.9. The number of phenolic OH excluding ortho intramolecular Hbond substituents is 1. The van der Waals surface area contributed by atoms with Crippen LogP contribution in [-0.2, 0) is 6.54 Å². The van der Waals surface area contributed by atoms with Crippen molar-refractivity contribution in [2.75, 3.05) is 7.11 Å². The maximum Gasteiger partial charge on any atom is 0.251 e. The molecular weight excluding hydrogens is 430 g/mol. The third-order valence-electron chi connectivity index (χ3n) is 5.47. The Labute approximate surface area is 195 Å². The van der Waals surface area contributed by atoms with Crippen LogP contribution in [-0.4, -0.2) is 38.1 Å². The van der Waals surface area contributed by atoms with E-state index in [0.29, 0.717) is 40.4 Å². The van der Waals surface area contributed by atoms with E-state index in [9.17, 15) is 9.90 Å². The molecule has 0 atom stereocenters. The first-order valence-electron chi connectivity index (χ1n) is 10.6. The first kappa shape index (κ1) is 21.1. The number of aromatic amines is 1. The second-order valence-electron chi connectivity index (χ2n) is 7.65. The lowest BCUT2D eigenvalue weighted by molar-refractivity contribution is 0.0951. The zero-order valence-corrected chi connectivity index (χ0v) is 18.3. The lowest BCUT2D eigenvalue weighted by atomic mass is 10.0. The molecule has 0 aliphatic rings. The zero-order valence-electron chi connectivity index (χ0n) is 18.3. The van der Waals surface area contributed by atoms with Gasteiger partial charge in [0.25, 0.3) is 5.91 Å². The minimum Gasteiger partial charge on any atom is -0.507 e. The number of methoxy groups -OCH3 is 1. The quantitative estimate of drug-likeness (QED) is 0.354. The molecule has 5 rings (SSSR count). The highest BCUT2D eigenvalue weighted by Gasteiger charge is 2.15. The molecule has 0 saturated heterocycles. The molecule has 0 aliphatic heterocycles. The van der Waals surface area contributed by atoms with Gasteiger partial charge in [0.15, 0.2) is 0 Å². The van der Waals surface area contributed by atoms with E-state index in [4.69, 9.17) is 4.74 Å². The molecule has 0 aliphatic carbocycles. The molecule has 3 N–H and O–H groups in total. The van der Waals surface area contributed by atoms with Crippen LogP contribution in [0.2, 0.25) is 0 Å². The molecule has 0 radical (unpaired) electrons. The van der Waals surface area contributed by atoms with Crippen LogP contribution in [0.4, 0.5) is 0 Å². The number of hydrogen-bond acceptors (Lipinski definition) is 6. The van der Waals surface area contributed by atoms with E-state index in [2.05, 4.69) is 25.3 Å². The van der Waals surface area contributed by atoms with Crippen LogP contribution in [0.1, 0.15) is 15.9 Å². The molecule has 8 nitrogen and oxygen atoms in total. The monoisotopic (exact) mass is 451 g/mol. The Kier molecular flexibility index (Phi) is 5.61. The van der Waals surface area contributed by atoms with E-state index in [1.165, 1.54) is 0 Å². The standard InChI is InChI=1S/C26H21N5O3/c1-34-26-19(3-2-10-28-26)17-5-7-23(32)20(13-17)24-30-21-6-4-18(14-22(21)31-24)25(33)29-15-16-8-11-27-12-9-16/h2-14,32H,15H2,1H3,(H,29,33)(H,30,31). The molecule has 0 unspecified atom stereocenters. The third-order valence-corrected chi connectivity index (χ3v) is 5.47. The minimum absolute atomic E-state index is 0.0842. The summed E-state index contributed by atoms with van der Waals surface area (Å²) >= 11 is 0. The number of carbonyl (C=O) groups is 1. The van der Waals surface area contributed by atoms with E-state index in [-0.39, 0.29) is 11.7 Å². The predicted octanol–water partition coefficient (Wildman–Crippen LogP) is 4.33. The van der Waals surface area contributed by atoms with Crippen molar-refractivity contribution < 1.29 is 14.6 Å². The number of rotatable bonds is 6. The van der Waals surface area contributed by atoms with Crippen molar-refractivity contribution in [3.63, 3.8) is 0 Å². The van der Waals surface area contributed by atoms with E-state index < -0.39 is 0 Å². The van der Waals surface area contributed by atoms with Gasteiger partial charge in [-0.3, -0.25) is 9.78 Å². The first-order valence-corrected chi connectivity index (χ1v) is 10.6. The van der Waals surface area contributed by atoms with Gasteiger partial charge in [-0.2, -0.15) is 0 Å². The average Bonchev–Trinajstić information content (AvgIpc) is 3.31. The van der Waals surface area contributed by atoms with Gasteiger partial charge in [-0.15, -0.1) is 0 Å². The number of pyridine rings is 2. The van der Waals surface area contributed by atoms with Crippen molar-refractivity contribution in [3.05, 3.63) is 90.4 Å². The minimum atomic E-state index is -0.191. The Balaban J connectivity index is 1.44. The molecule has 0 spiro atoms. The zero-order chi connectivity index (χ0) is 23.5. The van der Waals surface area contributed by atoms with Crippen LogP contribution in [0.15, 0.2) is 79.3 Å². The summed E-state index contributed by atoms with van der Waals surface area (Å²) < 4.78 is 5.37. The van der Waals surface area contributed by atoms with Gasteiger partial charge in [0.05, 0.1) is 23.7 Å². The molecule has 8 heteroatoms. The molecule has 168 valence electrons. The van der Waals surface area contributed by atoms with E-state index >= 15 is 0 Å². The molecule has 34 heavy (non-hydrogen) atoms. The van der Waals surface area contributed by atoms with Crippen LogP contribution >= 0.6 is 0 Å². The Hall–Kier alpha value is -4.72. The highest BCUT2D eigenvalue weighted by atomic mass is 16.5. The highest BCUT2D eigenvalue weighted by Crippen LogP contribution is 2.35. The Morgan fingerprint density at radius 1 is 1.03 bits per heavy atom. The Morgan fingerprint density at radius 2 is 1.88 bits per heavy atom. The number of fused-ring (bicyclic) bond motifs is 1. The van der Waals surface area contributed by atoms with E-state index in [0.717, 1.165) is 16.7 Å². The van der Waals surface area contributed by atoms with Crippen molar-refractivity contribution >= 4 is 16.9 Å². The van der Waals surface area contributed by atoms with Gasteiger partial charge in [-0.1, -0.05) is 6.07 Å². The number of phenols is 1. The second kappa shape index (κ2) is 9.03. The number of nitrogens with zero attached hydrogens (tertiary/aromatic N) is 3. The summed E-state index contributed by atoms with van der Waals surface area (Å²) in [6.07, 6.45) is 5.04. The van der Waals surface area contributed by atoms with Crippen molar-refractivity contribution in [1.82, 2.24) is 25.3 Å². The van der Waals surface area contributed by atoms with Crippen molar-refractivity contribution in [3.8, 4) is 34.1 Å². The number of benzene rings is 2. The smallest absolute Gasteiger partial charge is 0.251 e. The fourth-order valence-corrected chi connectivity index (χ4v) is 3.73. The molecular formula is C26H21N5O3. The number of hydrogen-bond donors (Lipinski definition) is 3. The van der Waals surface area contributed by atoms with Gasteiger partial charge in [0.2, 0.25) is 5.88 Å².